The maximum Gasteiger partial charge on any atom is 0.408 e. The van der Waals surface area contributed by atoms with Gasteiger partial charge >= 0.3 is 6.09 Å². The van der Waals surface area contributed by atoms with Crippen LogP contribution in [-0.4, -0.2) is 23.7 Å². The van der Waals surface area contributed by atoms with E-state index in [1.54, 1.807) is 13.8 Å². The maximum atomic E-state index is 11.9. The Hall–Kier alpha value is -2.17. The molecule has 0 aliphatic rings. The first-order valence-corrected chi connectivity index (χ1v) is 6.89. The summed E-state index contributed by atoms with van der Waals surface area (Å²) in [5, 5.41) is 2.53. The molecular weight excluding hydrogens is 270 g/mol. The van der Waals surface area contributed by atoms with Crippen molar-refractivity contribution in [2.45, 2.75) is 39.8 Å². The van der Waals surface area contributed by atoms with Crippen molar-refractivity contribution in [2.75, 3.05) is 0 Å². The lowest BCUT2D eigenvalue weighted by Gasteiger charge is -2.20. The fourth-order valence-electron chi connectivity index (χ4n) is 1.87. The van der Waals surface area contributed by atoms with Crippen molar-refractivity contribution < 1.29 is 19.1 Å². The third-order valence-corrected chi connectivity index (χ3v) is 2.92. The first-order chi connectivity index (χ1) is 9.90. The lowest BCUT2D eigenvalue weighted by molar-refractivity contribution is -0.127. The fourth-order valence-corrected chi connectivity index (χ4v) is 1.87. The van der Waals surface area contributed by atoms with E-state index in [1.807, 2.05) is 30.3 Å². The zero-order valence-electron chi connectivity index (χ0n) is 12.6. The molecule has 0 aliphatic carbocycles. The molecule has 0 saturated carbocycles. The number of nitrogens with one attached hydrogen (secondary N) is 1. The smallest absolute Gasteiger partial charge is 0.408 e. The Balaban J connectivity index is 2.53. The van der Waals surface area contributed by atoms with Gasteiger partial charge in [-0.1, -0.05) is 44.2 Å². The number of rotatable bonds is 7. The van der Waals surface area contributed by atoms with Crippen molar-refractivity contribution >= 4 is 17.7 Å². The number of hydrogen-bond acceptors (Lipinski definition) is 4. The molecule has 5 nitrogen and oxygen atoms in total. The fraction of sp³-hybridized carbons (Fsp3) is 0.438. The van der Waals surface area contributed by atoms with Gasteiger partial charge in [0, 0.05) is 0 Å². The number of carbonyl (C=O) groups is 3. The highest BCUT2D eigenvalue weighted by Gasteiger charge is 2.25. The minimum absolute atomic E-state index is 0.110. The summed E-state index contributed by atoms with van der Waals surface area (Å²) in [5.41, 5.74) is 0.865. The van der Waals surface area contributed by atoms with Gasteiger partial charge in [0.1, 0.15) is 12.4 Å². The van der Waals surface area contributed by atoms with Crippen LogP contribution in [0, 0.1) is 5.92 Å². The number of ether oxygens (including phenoxy) is 1. The molecule has 21 heavy (non-hydrogen) atoms. The van der Waals surface area contributed by atoms with Gasteiger partial charge in [0.15, 0.2) is 5.78 Å². The molecule has 0 aliphatic heterocycles. The minimum atomic E-state index is -0.711. The van der Waals surface area contributed by atoms with Gasteiger partial charge in [-0.2, -0.15) is 0 Å². The number of alkyl carbamates (subject to hydrolysis) is 1. The summed E-state index contributed by atoms with van der Waals surface area (Å²) < 4.78 is 5.08. The summed E-state index contributed by atoms with van der Waals surface area (Å²) in [6.45, 7) is 5.10. The molecular formula is C16H21NO4. The minimum Gasteiger partial charge on any atom is -0.445 e. The van der Waals surface area contributed by atoms with Crippen molar-refractivity contribution in [1.29, 1.82) is 0 Å². The summed E-state index contributed by atoms with van der Waals surface area (Å²) in [5.74, 6) is -0.625. The van der Waals surface area contributed by atoms with Crippen molar-refractivity contribution in [2.24, 2.45) is 5.92 Å². The average molecular weight is 291 g/mol. The standard InChI is InChI=1S/C16H21NO4/c1-11(2)15(14(19)9-12(3)18)17-16(20)21-10-13-7-5-4-6-8-13/h4-8,11,15H,9-10H2,1-3H3,(H,17,20)/t15-/m0/s1. The molecule has 5 heteroatoms. The van der Waals surface area contributed by atoms with Crippen LogP contribution in [0.25, 0.3) is 0 Å². The molecule has 0 fully saturated rings. The van der Waals surface area contributed by atoms with Crippen LogP contribution >= 0.6 is 0 Å². The van der Waals surface area contributed by atoms with Crippen LogP contribution in [0.2, 0.25) is 0 Å². The molecule has 1 aromatic rings. The topological polar surface area (TPSA) is 72.5 Å². The van der Waals surface area contributed by atoms with Crippen LogP contribution in [0.3, 0.4) is 0 Å². The van der Waals surface area contributed by atoms with Crippen molar-refractivity contribution in [1.82, 2.24) is 5.32 Å². The number of benzene rings is 1. The van der Waals surface area contributed by atoms with Gasteiger partial charge in [-0.05, 0) is 18.4 Å². The van der Waals surface area contributed by atoms with Gasteiger partial charge in [-0.15, -0.1) is 0 Å². The van der Waals surface area contributed by atoms with E-state index in [0.717, 1.165) is 5.56 Å². The van der Waals surface area contributed by atoms with Crippen LogP contribution in [0.15, 0.2) is 30.3 Å². The van der Waals surface area contributed by atoms with E-state index >= 15 is 0 Å². The average Bonchev–Trinajstić information content (AvgIpc) is 2.42. The van der Waals surface area contributed by atoms with Crippen LogP contribution in [0.5, 0.6) is 0 Å². The summed E-state index contributed by atoms with van der Waals surface area (Å²) in [4.78, 5) is 34.7. The Morgan fingerprint density at radius 1 is 1.14 bits per heavy atom. The zero-order valence-corrected chi connectivity index (χ0v) is 12.6. The van der Waals surface area contributed by atoms with Crippen molar-refractivity contribution in [3.05, 3.63) is 35.9 Å². The predicted molar refractivity (Wildman–Crippen MR) is 78.7 cm³/mol. The number of carbonyl (C=O) groups excluding carboxylic acids is 3. The molecule has 1 rings (SSSR count). The van der Waals surface area contributed by atoms with E-state index in [9.17, 15) is 14.4 Å². The van der Waals surface area contributed by atoms with E-state index in [4.69, 9.17) is 4.74 Å². The number of amides is 1. The summed E-state index contributed by atoms with van der Waals surface area (Å²) in [7, 11) is 0. The molecule has 114 valence electrons. The second-order valence-electron chi connectivity index (χ2n) is 5.27. The quantitative estimate of drug-likeness (QED) is 0.783. The van der Waals surface area contributed by atoms with Gasteiger partial charge in [-0.3, -0.25) is 9.59 Å². The van der Waals surface area contributed by atoms with Crippen LogP contribution in [0.1, 0.15) is 32.8 Å². The molecule has 1 N–H and O–H groups in total. The van der Waals surface area contributed by atoms with E-state index in [1.165, 1.54) is 6.92 Å². The molecule has 1 atom stereocenters. The number of Topliss-reactive ketones (excluding diaryl/α,β-unsaturated/α-hetero) is 2. The highest BCUT2D eigenvalue weighted by atomic mass is 16.5. The second-order valence-corrected chi connectivity index (χ2v) is 5.27. The number of ketones is 2. The second kappa shape index (κ2) is 8.19. The molecule has 0 spiro atoms. The Morgan fingerprint density at radius 3 is 2.29 bits per heavy atom. The van der Waals surface area contributed by atoms with Crippen LogP contribution in [0.4, 0.5) is 4.79 Å². The van der Waals surface area contributed by atoms with Gasteiger partial charge in [-0.25, -0.2) is 4.79 Å². The van der Waals surface area contributed by atoms with Gasteiger partial charge in [0.25, 0.3) is 0 Å². The highest BCUT2D eigenvalue weighted by Crippen LogP contribution is 2.07. The van der Waals surface area contributed by atoms with Crippen molar-refractivity contribution in [3.8, 4) is 0 Å². The molecule has 1 amide bonds. The monoisotopic (exact) mass is 291 g/mol. The lowest BCUT2D eigenvalue weighted by atomic mass is 9.97. The molecule has 1 aromatic carbocycles. The summed E-state index contributed by atoms with van der Waals surface area (Å²) >= 11 is 0. The van der Waals surface area contributed by atoms with Crippen LogP contribution < -0.4 is 5.32 Å². The third kappa shape index (κ3) is 6.21. The largest absolute Gasteiger partial charge is 0.445 e. The normalized spacial score (nSPS) is 11.8. The first kappa shape index (κ1) is 16.9. The predicted octanol–water partition coefficient (Wildman–Crippen LogP) is 2.49. The lowest BCUT2D eigenvalue weighted by Crippen LogP contribution is -2.45. The van der Waals surface area contributed by atoms with Gasteiger partial charge < -0.3 is 10.1 Å². The van der Waals surface area contributed by atoms with E-state index < -0.39 is 12.1 Å². The van der Waals surface area contributed by atoms with Crippen LogP contribution in [-0.2, 0) is 20.9 Å². The van der Waals surface area contributed by atoms with Crippen molar-refractivity contribution in [3.63, 3.8) is 0 Å². The Morgan fingerprint density at radius 2 is 1.76 bits per heavy atom. The number of hydrogen-bond donors (Lipinski definition) is 1. The van der Waals surface area contributed by atoms with E-state index in [0.29, 0.717) is 0 Å². The molecule has 0 saturated heterocycles. The Bertz CT molecular complexity index is 496. The first-order valence-electron chi connectivity index (χ1n) is 6.89. The molecule has 0 bridgehead atoms. The SMILES string of the molecule is CC(=O)CC(=O)[C@@H](NC(=O)OCc1ccccc1)C(C)C. The highest BCUT2D eigenvalue weighted by molar-refractivity contribution is 6.01. The maximum absolute atomic E-state index is 11.9. The molecule has 0 heterocycles. The zero-order chi connectivity index (χ0) is 15.8. The van der Waals surface area contributed by atoms with E-state index in [2.05, 4.69) is 5.32 Å². The molecule has 0 radical (unpaired) electrons. The van der Waals surface area contributed by atoms with Gasteiger partial charge in [0.2, 0.25) is 0 Å². The Kier molecular flexibility index (Phi) is 6.59. The summed E-state index contributed by atoms with van der Waals surface area (Å²) in [6, 6.07) is 8.55. The summed E-state index contributed by atoms with van der Waals surface area (Å²) in [6.07, 6.45) is -0.837. The third-order valence-electron chi connectivity index (χ3n) is 2.92. The molecule has 0 aromatic heterocycles. The Labute approximate surface area is 124 Å². The van der Waals surface area contributed by atoms with E-state index in [-0.39, 0.29) is 30.5 Å². The van der Waals surface area contributed by atoms with Gasteiger partial charge in [0.05, 0.1) is 12.5 Å². The molecule has 0 unspecified atom stereocenters.